The van der Waals surface area contributed by atoms with Gasteiger partial charge in [0.1, 0.15) is 5.82 Å². The molecule has 0 aromatic carbocycles. The Morgan fingerprint density at radius 1 is 1.29 bits per heavy atom. The minimum Gasteiger partial charge on any atom is -0.372 e. The standard InChI is InChI=1S/C15H18N6/c1-11-5-4-6-12(18-11)9-20(3)15-14-17-7-8-21(14)10-13(16-2)19-15/h4-8,10,16H,9H2,1-3H3. The number of rotatable bonds is 4. The van der Waals surface area contributed by atoms with Gasteiger partial charge in [-0.2, -0.15) is 0 Å². The topological polar surface area (TPSA) is 58.4 Å². The van der Waals surface area contributed by atoms with Gasteiger partial charge >= 0.3 is 0 Å². The first-order chi connectivity index (χ1) is 10.2. The Kier molecular flexibility index (Phi) is 3.43. The number of nitrogens with zero attached hydrogens (tertiary/aromatic N) is 5. The van der Waals surface area contributed by atoms with E-state index in [2.05, 4.69) is 25.2 Å². The van der Waals surface area contributed by atoms with Crippen LogP contribution < -0.4 is 10.2 Å². The smallest absolute Gasteiger partial charge is 0.180 e. The van der Waals surface area contributed by atoms with Crippen molar-refractivity contribution < 1.29 is 0 Å². The molecular formula is C15H18N6. The van der Waals surface area contributed by atoms with E-state index in [0.717, 1.165) is 28.7 Å². The summed E-state index contributed by atoms with van der Waals surface area (Å²) in [5, 5.41) is 3.08. The van der Waals surface area contributed by atoms with Gasteiger partial charge in [0.2, 0.25) is 0 Å². The zero-order chi connectivity index (χ0) is 14.8. The van der Waals surface area contributed by atoms with Gasteiger partial charge in [-0.3, -0.25) is 4.98 Å². The number of hydrogen-bond donors (Lipinski definition) is 1. The van der Waals surface area contributed by atoms with E-state index in [1.54, 1.807) is 6.20 Å². The first-order valence-electron chi connectivity index (χ1n) is 6.82. The van der Waals surface area contributed by atoms with E-state index in [4.69, 9.17) is 0 Å². The van der Waals surface area contributed by atoms with Crippen LogP contribution in [0.15, 0.2) is 36.8 Å². The molecule has 0 aliphatic rings. The van der Waals surface area contributed by atoms with E-state index in [0.29, 0.717) is 6.54 Å². The second-order valence-corrected chi connectivity index (χ2v) is 4.98. The maximum absolute atomic E-state index is 4.61. The minimum absolute atomic E-state index is 0.685. The molecule has 0 bridgehead atoms. The summed E-state index contributed by atoms with van der Waals surface area (Å²) in [6.07, 6.45) is 5.61. The Hall–Kier alpha value is -2.63. The number of aryl methyl sites for hydroxylation is 1. The molecule has 21 heavy (non-hydrogen) atoms. The van der Waals surface area contributed by atoms with Crippen LogP contribution in [-0.4, -0.2) is 33.4 Å². The number of pyridine rings is 1. The Morgan fingerprint density at radius 3 is 2.90 bits per heavy atom. The van der Waals surface area contributed by atoms with Crippen LogP contribution in [0.1, 0.15) is 11.4 Å². The van der Waals surface area contributed by atoms with Crippen molar-refractivity contribution in [1.82, 2.24) is 19.4 Å². The third kappa shape index (κ3) is 2.65. The minimum atomic E-state index is 0.685. The lowest BCUT2D eigenvalue weighted by atomic mass is 10.3. The second kappa shape index (κ2) is 5.40. The second-order valence-electron chi connectivity index (χ2n) is 4.98. The van der Waals surface area contributed by atoms with Gasteiger partial charge in [0.15, 0.2) is 11.5 Å². The fourth-order valence-corrected chi connectivity index (χ4v) is 2.30. The van der Waals surface area contributed by atoms with Crippen LogP contribution in [0.2, 0.25) is 0 Å². The van der Waals surface area contributed by atoms with E-state index in [1.807, 2.05) is 56.0 Å². The van der Waals surface area contributed by atoms with Crippen molar-refractivity contribution in [1.29, 1.82) is 0 Å². The molecule has 3 aromatic rings. The van der Waals surface area contributed by atoms with Crippen LogP contribution in [0.3, 0.4) is 0 Å². The lowest BCUT2D eigenvalue weighted by molar-refractivity contribution is 0.856. The molecular weight excluding hydrogens is 264 g/mol. The third-order valence-corrected chi connectivity index (χ3v) is 3.32. The molecule has 1 N–H and O–H groups in total. The molecule has 6 nitrogen and oxygen atoms in total. The van der Waals surface area contributed by atoms with E-state index in [-0.39, 0.29) is 0 Å². The van der Waals surface area contributed by atoms with Crippen molar-refractivity contribution in [3.63, 3.8) is 0 Å². The first-order valence-corrected chi connectivity index (χ1v) is 6.82. The number of hydrogen-bond acceptors (Lipinski definition) is 5. The van der Waals surface area contributed by atoms with Gasteiger partial charge in [-0.15, -0.1) is 0 Å². The van der Waals surface area contributed by atoms with Crippen molar-refractivity contribution in [2.45, 2.75) is 13.5 Å². The summed E-state index contributed by atoms with van der Waals surface area (Å²) in [6, 6.07) is 6.04. The Bertz CT molecular complexity index is 764. The monoisotopic (exact) mass is 282 g/mol. The zero-order valence-corrected chi connectivity index (χ0v) is 12.4. The number of fused-ring (bicyclic) bond motifs is 1. The molecule has 3 rings (SSSR count). The highest BCUT2D eigenvalue weighted by atomic mass is 15.2. The molecule has 0 radical (unpaired) electrons. The van der Waals surface area contributed by atoms with Crippen LogP contribution in [0.4, 0.5) is 11.6 Å². The maximum Gasteiger partial charge on any atom is 0.180 e. The van der Waals surface area contributed by atoms with Gasteiger partial charge in [0.05, 0.1) is 18.4 Å². The largest absolute Gasteiger partial charge is 0.372 e. The lowest BCUT2D eigenvalue weighted by Crippen LogP contribution is -2.20. The fraction of sp³-hybridized carbons (Fsp3) is 0.267. The number of anilines is 2. The van der Waals surface area contributed by atoms with Crippen LogP contribution in [-0.2, 0) is 6.54 Å². The van der Waals surface area contributed by atoms with E-state index < -0.39 is 0 Å². The molecule has 0 amide bonds. The lowest BCUT2D eigenvalue weighted by Gasteiger charge is -2.19. The SMILES string of the molecule is CNc1cn2ccnc2c(N(C)Cc2cccc(C)n2)n1. The predicted molar refractivity (Wildman–Crippen MR) is 83.6 cm³/mol. The predicted octanol–water partition coefficient (Wildman–Crippen LogP) is 2.11. The fourth-order valence-electron chi connectivity index (χ4n) is 2.30. The quantitative estimate of drug-likeness (QED) is 0.794. The van der Waals surface area contributed by atoms with E-state index >= 15 is 0 Å². The van der Waals surface area contributed by atoms with E-state index in [1.165, 1.54) is 0 Å². The molecule has 0 aliphatic heterocycles. The van der Waals surface area contributed by atoms with Gasteiger partial charge in [-0.05, 0) is 19.1 Å². The zero-order valence-electron chi connectivity index (χ0n) is 12.4. The van der Waals surface area contributed by atoms with Crippen LogP contribution in [0.25, 0.3) is 5.65 Å². The maximum atomic E-state index is 4.61. The van der Waals surface area contributed by atoms with Crippen molar-refractivity contribution in [3.05, 3.63) is 48.2 Å². The van der Waals surface area contributed by atoms with E-state index in [9.17, 15) is 0 Å². The summed E-state index contributed by atoms with van der Waals surface area (Å²) in [4.78, 5) is 15.6. The summed E-state index contributed by atoms with van der Waals surface area (Å²) in [5.74, 6) is 1.63. The van der Waals surface area contributed by atoms with Crippen molar-refractivity contribution in [2.24, 2.45) is 0 Å². The Balaban J connectivity index is 1.97. The third-order valence-electron chi connectivity index (χ3n) is 3.32. The molecule has 3 heterocycles. The highest BCUT2D eigenvalue weighted by Gasteiger charge is 2.12. The Labute approximate surface area is 123 Å². The number of aromatic nitrogens is 4. The van der Waals surface area contributed by atoms with Crippen LogP contribution in [0.5, 0.6) is 0 Å². The first kappa shape index (κ1) is 13.4. The molecule has 108 valence electrons. The molecule has 6 heteroatoms. The highest BCUT2D eigenvalue weighted by molar-refractivity contribution is 5.66. The summed E-state index contributed by atoms with van der Waals surface area (Å²) in [6.45, 7) is 2.68. The van der Waals surface area contributed by atoms with Gasteiger partial charge < -0.3 is 14.6 Å². The molecule has 0 saturated carbocycles. The van der Waals surface area contributed by atoms with Crippen LogP contribution >= 0.6 is 0 Å². The van der Waals surface area contributed by atoms with Gasteiger partial charge in [-0.25, -0.2) is 9.97 Å². The van der Waals surface area contributed by atoms with Gasteiger partial charge in [0.25, 0.3) is 0 Å². The molecule has 0 spiro atoms. The summed E-state index contributed by atoms with van der Waals surface area (Å²) >= 11 is 0. The molecule has 0 atom stereocenters. The van der Waals surface area contributed by atoms with Crippen molar-refractivity contribution in [3.8, 4) is 0 Å². The summed E-state index contributed by atoms with van der Waals surface area (Å²) < 4.78 is 1.97. The van der Waals surface area contributed by atoms with Crippen LogP contribution in [0, 0.1) is 6.92 Å². The molecule has 0 unspecified atom stereocenters. The molecule has 3 aromatic heterocycles. The molecule has 0 saturated heterocycles. The van der Waals surface area contributed by atoms with Crippen molar-refractivity contribution in [2.75, 3.05) is 24.3 Å². The summed E-state index contributed by atoms with van der Waals surface area (Å²) in [7, 11) is 3.86. The highest BCUT2D eigenvalue weighted by Crippen LogP contribution is 2.20. The number of imidazole rings is 1. The molecule has 0 fully saturated rings. The average Bonchev–Trinajstić information content (AvgIpc) is 2.94. The summed E-state index contributed by atoms with van der Waals surface area (Å²) in [5.41, 5.74) is 2.87. The Morgan fingerprint density at radius 2 is 2.14 bits per heavy atom. The normalized spacial score (nSPS) is 10.8. The van der Waals surface area contributed by atoms with Gasteiger partial charge in [-0.1, -0.05) is 6.07 Å². The van der Waals surface area contributed by atoms with Crippen molar-refractivity contribution >= 4 is 17.3 Å². The van der Waals surface area contributed by atoms with Gasteiger partial charge in [0, 0.05) is 32.2 Å². The number of nitrogens with one attached hydrogen (secondary N) is 1. The molecule has 0 aliphatic carbocycles. The average molecular weight is 282 g/mol.